The number of amides is 1. The number of aromatic nitrogens is 3. The molecule has 0 aliphatic carbocycles. The summed E-state index contributed by atoms with van der Waals surface area (Å²) >= 11 is 2.93. The van der Waals surface area contributed by atoms with E-state index < -0.39 is 0 Å². The van der Waals surface area contributed by atoms with E-state index in [-0.39, 0.29) is 11.7 Å². The van der Waals surface area contributed by atoms with Crippen LogP contribution in [0.1, 0.15) is 16.7 Å². The predicted octanol–water partition coefficient (Wildman–Crippen LogP) is 3.59. The van der Waals surface area contributed by atoms with Crippen molar-refractivity contribution in [2.75, 3.05) is 20.0 Å². The van der Waals surface area contributed by atoms with Gasteiger partial charge in [0.2, 0.25) is 0 Å². The minimum absolute atomic E-state index is 0.185. The fraction of sp³-hybridized carbons (Fsp3) is 0.300. The molecular formula is C20H23N5O3S2. The Bertz CT molecular complexity index is 1040. The lowest BCUT2D eigenvalue weighted by molar-refractivity contribution is -0.118. The van der Waals surface area contributed by atoms with Gasteiger partial charge in [0.25, 0.3) is 5.91 Å². The summed E-state index contributed by atoms with van der Waals surface area (Å²) in [6.07, 6.45) is 1.64. The number of hydrazone groups is 1. The molecule has 2 heterocycles. The average Bonchev–Trinajstić information content (AvgIpc) is 3.37. The van der Waals surface area contributed by atoms with Crippen LogP contribution < -0.4 is 14.9 Å². The monoisotopic (exact) mass is 445 g/mol. The summed E-state index contributed by atoms with van der Waals surface area (Å²) in [6.45, 7) is 4.69. The van der Waals surface area contributed by atoms with Gasteiger partial charge in [-0.3, -0.25) is 4.79 Å². The highest BCUT2D eigenvalue weighted by molar-refractivity contribution is 7.99. The number of hydrogen-bond donors (Lipinski definition) is 1. The normalized spacial score (nSPS) is 11.1. The van der Waals surface area contributed by atoms with E-state index in [1.165, 1.54) is 16.6 Å². The number of nitrogens with zero attached hydrogens (tertiary/aromatic N) is 4. The molecule has 30 heavy (non-hydrogen) atoms. The van der Waals surface area contributed by atoms with E-state index >= 15 is 0 Å². The molecule has 0 aliphatic rings. The average molecular weight is 446 g/mol. The van der Waals surface area contributed by atoms with Crippen molar-refractivity contribution >= 4 is 35.2 Å². The van der Waals surface area contributed by atoms with Crippen LogP contribution in [0, 0.1) is 6.92 Å². The second kappa shape index (κ2) is 10.3. The van der Waals surface area contributed by atoms with Crippen molar-refractivity contribution in [1.82, 2.24) is 20.2 Å². The standard InChI is InChI=1S/C20H23N5O3S2/c1-5-25-19(14-7-9-16(27-3)17(10-14)28-4)23-24-20(25)29-12-18(26)22-21-11-15-8-6-13(2)30-15/h6-11H,5,12H2,1-4H3,(H,22,26)/b21-11-. The molecule has 2 aromatic heterocycles. The summed E-state index contributed by atoms with van der Waals surface area (Å²) < 4.78 is 12.6. The van der Waals surface area contributed by atoms with Crippen molar-refractivity contribution in [3.63, 3.8) is 0 Å². The van der Waals surface area contributed by atoms with Crippen LogP contribution in [0.3, 0.4) is 0 Å². The van der Waals surface area contributed by atoms with E-state index in [4.69, 9.17) is 9.47 Å². The van der Waals surface area contributed by atoms with Gasteiger partial charge in [0.1, 0.15) is 0 Å². The second-order valence-electron chi connectivity index (χ2n) is 6.15. The molecule has 10 heteroatoms. The number of methoxy groups -OCH3 is 2. The Morgan fingerprint density at radius 1 is 1.23 bits per heavy atom. The molecular weight excluding hydrogens is 422 g/mol. The number of aryl methyl sites for hydroxylation is 1. The number of carbonyl (C=O) groups excluding carboxylic acids is 1. The summed E-state index contributed by atoms with van der Waals surface area (Å²) in [6, 6.07) is 9.56. The van der Waals surface area contributed by atoms with Gasteiger partial charge in [0.05, 0.1) is 26.2 Å². The number of thiophene rings is 1. The highest BCUT2D eigenvalue weighted by atomic mass is 32.2. The van der Waals surface area contributed by atoms with E-state index in [0.29, 0.717) is 29.0 Å². The predicted molar refractivity (Wildman–Crippen MR) is 120 cm³/mol. The molecule has 0 saturated heterocycles. The van der Waals surface area contributed by atoms with Crippen molar-refractivity contribution < 1.29 is 14.3 Å². The van der Waals surface area contributed by atoms with Crippen LogP contribution in [0.25, 0.3) is 11.4 Å². The first-order valence-electron chi connectivity index (χ1n) is 9.22. The topological polar surface area (TPSA) is 90.6 Å². The summed E-state index contributed by atoms with van der Waals surface area (Å²) in [5.74, 6) is 1.95. The summed E-state index contributed by atoms with van der Waals surface area (Å²) in [5.41, 5.74) is 3.40. The molecule has 0 bridgehead atoms. The lowest BCUT2D eigenvalue weighted by Crippen LogP contribution is -2.19. The molecule has 0 atom stereocenters. The second-order valence-corrected chi connectivity index (χ2v) is 8.41. The first-order valence-corrected chi connectivity index (χ1v) is 11.0. The quantitative estimate of drug-likeness (QED) is 0.307. The van der Waals surface area contributed by atoms with E-state index in [1.807, 2.05) is 48.7 Å². The van der Waals surface area contributed by atoms with Crippen molar-refractivity contribution in [3.8, 4) is 22.9 Å². The molecule has 1 N–H and O–H groups in total. The van der Waals surface area contributed by atoms with Gasteiger partial charge >= 0.3 is 0 Å². The van der Waals surface area contributed by atoms with Gasteiger partial charge in [0, 0.05) is 21.9 Å². The molecule has 0 aliphatic heterocycles. The maximum absolute atomic E-state index is 12.1. The number of benzene rings is 1. The maximum Gasteiger partial charge on any atom is 0.250 e. The third-order valence-corrected chi connectivity index (χ3v) is 6.05. The summed E-state index contributed by atoms with van der Waals surface area (Å²) in [4.78, 5) is 14.3. The van der Waals surface area contributed by atoms with Gasteiger partial charge in [-0.15, -0.1) is 21.5 Å². The number of carbonyl (C=O) groups is 1. The zero-order chi connectivity index (χ0) is 21.5. The Labute approximate surface area is 183 Å². The number of rotatable bonds is 9. The van der Waals surface area contributed by atoms with Crippen molar-refractivity contribution in [2.45, 2.75) is 25.5 Å². The molecule has 0 radical (unpaired) electrons. The smallest absolute Gasteiger partial charge is 0.250 e. The Hall–Kier alpha value is -2.85. The number of thioether (sulfide) groups is 1. The zero-order valence-electron chi connectivity index (χ0n) is 17.2. The highest BCUT2D eigenvalue weighted by Crippen LogP contribution is 2.32. The van der Waals surface area contributed by atoms with Crippen LogP contribution in [0.2, 0.25) is 0 Å². The SMILES string of the molecule is CCn1c(SCC(=O)N/N=C\c2ccc(C)s2)nnc1-c1ccc(OC)c(OC)c1. The summed E-state index contributed by atoms with van der Waals surface area (Å²) in [7, 11) is 3.19. The van der Waals surface area contributed by atoms with E-state index in [2.05, 4.69) is 20.7 Å². The Morgan fingerprint density at radius 2 is 2.03 bits per heavy atom. The lowest BCUT2D eigenvalue weighted by Gasteiger charge is -2.10. The van der Waals surface area contributed by atoms with Crippen LogP contribution in [0.4, 0.5) is 0 Å². The van der Waals surface area contributed by atoms with Gasteiger partial charge < -0.3 is 14.0 Å². The van der Waals surface area contributed by atoms with Gasteiger partial charge in [-0.1, -0.05) is 11.8 Å². The van der Waals surface area contributed by atoms with E-state index in [9.17, 15) is 4.79 Å². The van der Waals surface area contributed by atoms with Crippen LogP contribution in [-0.4, -0.2) is 46.9 Å². The fourth-order valence-corrected chi connectivity index (χ4v) is 4.27. The zero-order valence-corrected chi connectivity index (χ0v) is 18.8. The molecule has 8 nitrogen and oxygen atoms in total. The van der Waals surface area contributed by atoms with Gasteiger partial charge in [-0.25, -0.2) is 5.43 Å². The molecule has 0 saturated carbocycles. The lowest BCUT2D eigenvalue weighted by atomic mass is 10.2. The third kappa shape index (κ3) is 5.19. The highest BCUT2D eigenvalue weighted by Gasteiger charge is 2.16. The third-order valence-electron chi connectivity index (χ3n) is 4.15. The van der Waals surface area contributed by atoms with Crippen LogP contribution >= 0.6 is 23.1 Å². The Kier molecular flexibility index (Phi) is 7.47. The first kappa shape index (κ1) is 21.8. The molecule has 3 aromatic rings. The molecule has 158 valence electrons. The van der Waals surface area contributed by atoms with Crippen molar-refractivity contribution in [1.29, 1.82) is 0 Å². The van der Waals surface area contributed by atoms with Crippen LogP contribution in [-0.2, 0) is 11.3 Å². The van der Waals surface area contributed by atoms with Crippen molar-refractivity contribution in [2.24, 2.45) is 5.10 Å². The van der Waals surface area contributed by atoms with E-state index in [1.54, 1.807) is 31.8 Å². The fourth-order valence-electron chi connectivity index (χ4n) is 2.72. The Morgan fingerprint density at radius 3 is 2.70 bits per heavy atom. The molecule has 1 aromatic carbocycles. The molecule has 0 spiro atoms. The van der Waals surface area contributed by atoms with Gasteiger partial charge in [0.15, 0.2) is 22.5 Å². The van der Waals surface area contributed by atoms with E-state index in [0.717, 1.165) is 10.4 Å². The maximum atomic E-state index is 12.1. The molecule has 0 unspecified atom stereocenters. The molecule has 1 amide bonds. The minimum atomic E-state index is -0.206. The molecule has 0 fully saturated rings. The molecule has 3 rings (SSSR count). The van der Waals surface area contributed by atoms with Crippen LogP contribution in [0.15, 0.2) is 40.6 Å². The minimum Gasteiger partial charge on any atom is -0.493 e. The summed E-state index contributed by atoms with van der Waals surface area (Å²) in [5, 5.41) is 13.2. The number of hydrogen-bond acceptors (Lipinski definition) is 8. The number of ether oxygens (including phenoxy) is 2. The van der Waals surface area contributed by atoms with Crippen LogP contribution in [0.5, 0.6) is 11.5 Å². The largest absolute Gasteiger partial charge is 0.493 e. The number of nitrogens with one attached hydrogen (secondary N) is 1. The Balaban J connectivity index is 1.65. The van der Waals surface area contributed by atoms with Gasteiger partial charge in [-0.05, 0) is 44.2 Å². The first-order chi connectivity index (χ1) is 14.5. The van der Waals surface area contributed by atoms with Gasteiger partial charge in [-0.2, -0.15) is 5.10 Å². The van der Waals surface area contributed by atoms with Crippen molar-refractivity contribution in [3.05, 3.63) is 40.1 Å².